The van der Waals surface area contributed by atoms with Crippen molar-refractivity contribution in [2.75, 3.05) is 29.5 Å². The van der Waals surface area contributed by atoms with Crippen LogP contribution in [0, 0.1) is 0 Å². The molecule has 1 N–H and O–H groups in total. The Kier molecular flexibility index (Phi) is 3.35. The molecule has 1 unspecified atom stereocenters. The Hall–Kier alpha value is -1.14. The van der Waals surface area contributed by atoms with Gasteiger partial charge in [-0.1, -0.05) is 6.07 Å². The highest BCUT2D eigenvalue weighted by molar-refractivity contribution is 7.91. The molecule has 0 spiro atoms. The number of aliphatic hydroxyl groups excluding tert-OH is 1. The fraction of sp³-hybridized carbons (Fsp3) is 0.545. The van der Waals surface area contributed by atoms with Crippen LogP contribution in [0.2, 0.25) is 0 Å². The van der Waals surface area contributed by atoms with Crippen molar-refractivity contribution in [3.8, 4) is 0 Å². The van der Waals surface area contributed by atoms with E-state index in [2.05, 4.69) is 4.98 Å². The number of aromatic nitrogens is 1. The van der Waals surface area contributed by atoms with Crippen molar-refractivity contribution in [2.45, 2.75) is 13.0 Å². The molecule has 1 aromatic heterocycles. The van der Waals surface area contributed by atoms with Crippen molar-refractivity contribution in [1.29, 1.82) is 0 Å². The normalized spacial score (nSPS) is 21.2. The standard InChI is InChI=1S/C11H16N2O3S/c1-9(14)10-2-3-11(12-8-10)13-4-6-17(15,16)7-5-13/h2-3,8-9,14H,4-7H2,1H3. The summed E-state index contributed by atoms with van der Waals surface area (Å²) in [5.74, 6) is 1.14. The fourth-order valence-corrected chi connectivity index (χ4v) is 2.97. The highest BCUT2D eigenvalue weighted by atomic mass is 32.2. The van der Waals surface area contributed by atoms with Gasteiger partial charge < -0.3 is 10.0 Å². The molecule has 1 fully saturated rings. The number of nitrogens with zero attached hydrogens (tertiary/aromatic N) is 2. The smallest absolute Gasteiger partial charge is 0.153 e. The summed E-state index contributed by atoms with van der Waals surface area (Å²) in [4.78, 5) is 6.19. The van der Waals surface area contributed by atoms with Crippen molar-refractivity contribution >= 4 is 15.7 Å². The molecular weight excluding hydrogens is 240 g/mol. The molecule has 1 aliphatic rings. The second-order valence-corrected chi connectivity index (χ2v) is 6.57. The third-order valence-corrected chi connectivity index (χ3v) is 4.53. The third kappa shape index (κ3) is 2.95. The van der Waals surface area contributed by atoms with Crippen LogP contribution in [0.4, 0.5) is 5.82 Å². The van der Waals surface area contributed by atoms with E-state index in [-0.39, 0.29) is 11.5 Å². The van der Waals surface area contributed by atoms with Crippen LogP contribution in [0.15, 0.2) is 18.3 Å². The van der Waals surface area contributed by atoms with Gasteiger partial charge in [-0.2, -0.15) is 0 Å². The third-order valence-electron chi connectivity index (χ3n) is 2.92. The van der Waals surface area contributed by atoms with Gasteiger partial charge in [0.2, 0.25) is 0 Å². The van der Waals surface area contributed by atoms with Crippen molar-refractivity contribution < 1.29 is 13.5 Å². The second kappa shape index (κ2) is 4.62. The van der Waals surface area contributed by atoms with E-state index in [0.29, 0.717) is 13.1 Å². The zero-order valence-corrected chi connectivity index (χ0v) is 10.5. The number of aliphatic hydroxyl groups is 1. The Bertz CT molecular complexity index is 468. The number of hydrogen-bond donors (Lipinski definition) is 1. The van der Waals surface area contributed by atoms with Crippen molar-refractivity contribution in [3.05, 3.63) is 23.9 Å². The number of hydrogen-bond acceptors (Lipinski definition) is 5. The highest BCUT2D eigenvalue weighted by Crippen LogP contribution is 2.17. The van der Waals surface area contributed by atoms with E-state index >= 15 is 0 Å². The average molecular weight is 256 g/mol. The lowest BCUT2D eigenvalue weighted by Gasteiger charge is -2.27. The van der Waals surface area contributed by atoms with E-state index < -0.39 is 15.9 Å². The van der Waals surface area contributed by atoms with E-state index in [4.69, 9.17) is 0 Å². The summed E-state index contributed by atoms with van der Waals surface area (Å²) in [6.07, 6.45) is 1.10. The van der Waals surface area contributed by atoms with Crippen LogP contribution < -0.4 is 4.90 Å². The maximum absolute atomic E-state index is 11.3. The topological polar surface area (TPSA) is 70.5 Å². The molecule has 0 saturated carbocycles. The summed E-state index contributed by atoms with van der Waals surface area (Å²) in [7, 11) is -2.85. The monoisotopic (exact) mass is 256 g/mol. The first-order valence-electron chi connectivity index (χ1n) is 5.57. The average Bonchev–Trinajstić information content (AvgIpc) is 2.29. The minimum Gasteiger partial charge on any atom is -0.389 e. The number of rotatable bonds is 2. The Morgan fingerprint density at radius 3 is 2.47 bits per heavy atom. The van der Waals surface area contributed by atoms with Gasteiger partial charge in [-0.05, 0) is 18.6 Å². The van der Waals surface area contributed by atoms with Gasteiger partial charge >= 0.3 is 0 Å². The van der Waals surface area contributed by atoms with Gasteiger partial charge in [-0.3, -0.25) is 0 Å². The minimum absolute atomic E-state index is 0.187. The number of pyridine rings is 1. The fourth-order valence-electron chi connectivity index (χ4n) is 1.77. The number of sulfone groups is 1. The van der Waals surface area contributed by atoms with E-state index in [0.717, 1.165) is 11.4 Å². The van der Waals surface area contributed by atoms with Gasteiger partial charge in [0.05, 0.1) is 17.6 Å². The molecule has 0 radical (unpaired) electrons. The van der Waals surface area contributed by atoms with Gasteiger partial charge in [-0.25, -0.2) is 13.4 Å². The van der Waals surface area contributed by atoms with Crippen LogP contribution in [-0.4, -0.2) is 43.1 Å². The summed E-state index contributed by atoms with van der Waals surface area (Å²) < 4.78 is 22.6. The van der Waals surface area contributed by atoms with E-state index in [1.807, 2.05) is 17.0 Å². The number of anilines is 1. The van der Waals surface area contributed by atoms with Crippen molar-refractivity contribution in [1.82, 2.24) is 4.98 Å². The molecule has 0 aromatic carbocycles. The Morgan fingerprint density at radius 2 is 2.00 bits per heavy atom. The first kappa shape index (κ1) is 12.3. The quantitative estimate of drug-likeness (QED) is 0.828. The maximum Gasteiger partial charge on any atom is 0.153 e. The van der Waals surface area contributed by atoms with Gasteiger partial charge in [0.1, 0.15) is 5.82 Å². The molecule has 1 aromatic rings. The Balaban J connectivity index is 2.09. The van der Waals surface area contributed by atoms with Crippen molar-refractivity contribution in [3.63, 3.8) is 0 Å². The summed E-state index contributed by atoms with van der Waals surface area (Å²) >= 11 is 0. The molecule has 1 saturated heterocycles. The van der Waals surface area contributed by atoms with Crippen molar-refractivity contribution in [2.24, 2.45) is 0 Å². The summed E-state index contributed by atoms with van der Waals surface area (Å²) in [6, 6.07) is 3.64. The molecule has 0 bridgehead atoms. The van der Waals surface area contributed by atoms with Crippen LogP contribution >= 0.6 is 0 Å². The second-order valence-electron chi connectivity index (χ2n) is 4.26. The predicted molar refractivity (Wildman–Crippen MR) is 65.7 cm³/mol. The molecule has 0 aliphatic carbocycles. The summed E-state index contributed by atoms with van der Waals surface area (Å²) in [6.45, 7) is 2.66. The van der Waals surface area contributed by atoms with Gasteiger partial charge in [-0.15, -0.1) is 0 Å². The van der Waals surface area contributed by atoms with Crippen LogP contribution in [0.1, 0.15) is 18.6 Å². The van der Waals surface area contributed by atoms with Gasteiger partial charge in [0, 0.05) is 19.3 Å². The zero-order valence-electron chi connectivity index (χ0n) is 9.70. The first-order chi connectivity index (χ1) is 7.98. The molecule has 1 atom stereocenters. The summed E-state index contributed by atoms with van der Waals surface area (Å²) in [5.41, 5.74) is 0.762. The zero-order chi connectivity index (χ0) is 12.5. The van der Waals surface area contributed by atoms with Crippen LogP contribution in [0.5, 0.6) is 0 Å². The van der Waals surface area contributed by atoms with E-state index in [1.54, 1.807) is 13.1 Å². The largest absolute Gasteiger partial charge is 0.389 e. The van der Waals surface area contributed by atoms with E-state index in [9.17, 15) is 13.5 Å². The van der Waals surface area contributed by atoms with Gasteiger partial charge in [0.15, 0.2) is 9.84 Å². The lowest BCUT2D eigenvalue weighted by atomic mass is 10.2. The van der Waals surface area contributed by atoms with Crippen LogP contribution in [-0.2, 0) is 9.84 Å². The molecule has 17 heavy (non-hydrogen) atoms. The van der Waals surface area contributed by atoms with E-state index in [1.165, 1.54) is 0 Å². The Labute approximate surface area is 101 Å². The molecular formula is C11H16N2O3S. The molecule has 1 aliphatic heterocycles. The summed E-state index contributed by atoms with van der Waals surface area (Å²) in [5, 5.41) is 9.36. The van der Waals surface area contributed by atoms with Gasteiger partial charge in [0.25, 0.3) is 0 Å². The molecule has 2 rings (SSSR count). The molecule has 6 heteroatoms. The lowest BCUT2D eigenvalue weighted by Crippen LogP contribution is -2.40. The molecule has 0 amide bonds. The molecule has 94 valence electrons. The minimum atomic E-state index is -2.85. The first-order valence-corrected chi connectivity index (χ1v) is 7.39. The molecule has 5 nitrogen and oxygen atoms in total. The highest BCUT2D eigenvalue weighted by Gasteiger charge is 2.22. The van der Waals surface area contributed by atoms with Crippen LogP contribution in [0.3, 0.4) is 0 Å². The predicted octanol–water partition coefficient (Wildman–Crippen LogP) is 0.370. The maximum atomic E-state index is 11.3. The lowest BCUT2D eigenvalue weighted by molar-refractivity contribution is 0.199. The van der Waals surface area contributed by atoms with Crippen LogP contribution in [0.25, 0.3) is 0 Å². The Morgan fingerprint density at radius 1 is 1.35 bits per heavy atom. The molecule has 2 heterocycles. The SMILES string of the molecule is CC(O)c1ccc(N2CCS(=O)(=O)CC2)nc1.